The van der Waals surface area contributed by atoms with Gasteiger partial charge in [-0.2, -0.15) is 5.26 Å². The van der Waals surface area contributed by atoms with Gasteiger partial charge in [-0.25, -0.2) is 0 Å². The molecule has 1 aromatic rings. The van der Waals surface area contributed by atoms with Crippen molar-refractivity contribution in [2.45, 2.75) is 25.3 Å². The molecule has 1 saturated carbocycles. The van der Waals surface area contributed by atoms with Gasteiger partial charge in [-0.15, -0.1) is 0 Å². The first kappa shape index (κ1) is 15.5. The molecule has 1 amide bonds. The van der Waals surface area contributed by atoms with Gasteiger partial charge in [-0.1, -0.05) is 11.6 Å². The van der Waals surface area contributed by atoms with Crippen LogP contribution in [0, 0.1) is 17.2 Å². The highest BCUT2D eigenvalue weighted by atomic mass is 35.5. The van der Waals surface area contributed by atoms with Crippen LogP contribution in [0.2, 0.25) is 5.02 Å². The van der Waals surface area contributed by atoms with Gasteiger partial charge in [0.2, 0.25) is 5.91 Å². The van der Waals surface area contributed by atoms with Crippen molar-refractivity contribution < 1.29 is 9.53 Å². The standard InChI is InChI=1S/C15H18ClN3O2/c1-15(9-17,10-3-4-10)19-14(20)8-18-11-5-6-13(21-2)12(16)7-11/h5-7,10,18H,3-4,8H2,1-2H3,(H,19,20). The smallest absolute Gasteiger partial charge is 0.240 e. The van der Waals surface area contributed by atoms with E-state index in [2.05, 4.69) is 16.7 Å². The molecule has 0 radical (unpaired) electrons. The third-order valence-corrected chi connectivity index (χ3v) is 3.93. The van der Waals surface area contributed by atoms with E-state index < -0.39 is 5.54 Å². The molecule has 112 valence electrons. The van der Waals surface area contributed by atoms with Gasteiger partial charge in [0, 0.05) is 5.69 Å². The Kier molecular flexibility index (Phi) is 4.59. The van der Waals surface area contributed by atoms with E-state index in [1.165, 1.54) is 0 Å². The molecule has 1 aliphatic carbocycles. The minimum Gasteiger partial charge on any atom is -0.495 e. The van der Waals surface area contributed by atoms with Gasteiger partial charge in [0.05, 0.1) is 24.7 Å². The Balaban J connectivity index is 1.89. The van der Waals surface area contributed by atoms with Gasteiger partial charge in [-0.3, -0.25) is 4.79 Å². The Labute approximate surface area is 129 Å². The first-order valence-corrected chi connectivity index (χ1v) is 7.16. The van der Waals surface area contributed by atoms with Crippen LogP contribution in [0.25, 0.3) is 0 Å². The number of amides is 1. The van der Waals surface area contributed by atoms with Gasteiger partial charge >= 0.3 is 0 Å². The lowest BCUT2D eigenvalue weighted by atomic mass is 9.98. The molecule has 1 aromatic carbocycles. The average molecular weight is 308 g/mol. The fraction of sp³-hybridized carbons (Fsp3) is 0.467. The molecule has 5 nitrogen and oxygen atoms in total. The number of carbonyl (C=O) groups is 1. The topological polar surface area (TPSA) is 74.2 Å². The summed E-state index contributed by atoms with van der Waals surface area (Å²) in [6.07, 6.45) is 1.98. The van der Waals surface area contributed by atoms with E-state index in [1.54, 1.807) is 32.2 Å². The van der Waals surface area contributed by atoms with Crippen LogP contribution in [0.5, 0.6) is 5.75 Å². The summed E-state index contributed by atoms with van der Waals surface area (Å²) in [7, 11) is 1.54. The van der Waals surface area contributed by atoms with Crippen molar-refractivity contribution >= 4 is 23.2 Å². The normalized spacial score (nSPS) is 16.5. The van der Waals surface area contributed by atoms with Crippen molar-refractivity contribution in [2.75, 3.05) is 19.0 Å². The minimum absolute atomic E-state index is 0.0899. The molecule has 0 saturated heterocycles. The molecule has 0 spiro atoms. The molecule has 0 bridgehead atoms. The predicted molar refractivity (Wildman–Crippen MR) is 81.4 cm³/mol. The van der Waals surface area contributed by atoms with Crippen LogP contribution < -0.4 is 15.4 Å². The van der Waals surface area contributed by atoms with E-state index in [9.17, 15) is 10.1 Å². The highest BCUT2D eigenvalue weighted by molar-refractivity contribution is 6.32. The summed E-state index contributed by atoms with van der Waals surface area (Å²) < 4.78 is 5.06. The molecule has 2 rings (SSSR count). The molecule has 0 heterocycles. The summed E-state index contributed by atoms with van der Waals surface area (Å²) in [5.41, 5.74) is -0.0444. The van der Waals surface area contributed by atoms with Gasteiger partial charge < -0.3 is 15.4 Å². The van der Waals surface area contributed by atoms with E-state index in [4.69, 9.17) is 16.3 Å². The zero-order valence-electron chi connectivity index (χ0n) is 12.1. The van der Waals surface area contributed by atoms with Gasteiger partial charge in [0.1, 0.15) is 11.3 Å². The summed E-state index contributed by atoms with van der Waals surface area (Å²) >= 11 is 6.01. The number of nitrogens with zero attached hydrogens (tertiary/aromatic N) is 1. The lowest BCUT2D eigenvalue weighted by Gasteiger charge is -2.23. The molecule has 2 N–H and O–H groups in total. The Morgan fingerprint density at radius 1 is 1.57 bits per heavy atom. The maximum absolute atomic E-state index is 11.9. The maximum Gasteiger partial charge on any atom is 0.240 e. The number of carbonyl (C=O) groups excluding carboxylic acids is 1. The summed E-state index contributed by atoms with van der Waals surface area (Å²) in [6.45, 7) is 1.86. The Morgan fingerprint density at radius 2 is 2.29 bits per heavy atom. The van der Waals surface area contributed by atoms with Crippen molar-refractivity contribution in [3.63, 3.8) is 0 Å². The minimum atomic E-state index is -0.768. The number of anilines is 1. The lowest BCUT2D eigenvalue weighted by Crippen LogP contribution is -2.48. The number of halogens is 1. The average Bonchev–Trinajstić information content (AvgIpc) is 3.30. The molecular weight excluding hydrogens is 290 g/mol. The van der Waals surface area contributed by atoms with Crippen molar-refractivity contribution in [1.82, 2.24) is 5.32 Å². The zero-order chi connectivity index (χ0) is 15.5. The molecule has 0 aliphatic heterocycles. The van der Waals surface area contributed by atoms with E-state index in [0.717, 1.165) is 18.5 Å². The number of nitriles is 1. The Morgan fingerprint density at radius 3 is 2.81 bits per heavy atom. The van der Waals surface area contributed by atoms with E-state index >= 15 is 0 Å². The van der Waals surface area contributed by atoms with Crippen LogP contribution in [0.3, 0.4) is 0 Å². The Hall–Kier alpha value is -1.93. The fourth-order valence-corrected chi connectivity index (χ4v) is 2.43. The largest absolute Gasteiger partial charge is 0.495 e. The van der Waals surface area contributed by atoms with Crippen LogP contribution in [-0.4, -0.2) is 25.1 Å². The van der Waals surface area contributed by atoms with Gasteiger partial charge in [0.25, 0.3) is 0 Å². The molecule has 1 fully saturated rings. The monoisotopic (exact) mass is 307 g/mol. The van der Waals surface area contributed by atoms with Crippen LogP contribution in [0.1, 0.15) is 19.8 Å². The summed E-state index contributed by atoms with van der Waals surface area (Å²) in [5.74, 6) is 0.636. The second-order valence-corrected chi connectivity index (χ2v) is 5.75. The highest BCUT2D eigenvalue weighted by Gasteiger charge is 2.42. The number of benzene rings is 1. The molecular formula is C15H18ClN3O2. The maximum atomic E-state index is 11.9. The highest BCUT2D eigenvalue weighted by Crippen LogP contribution is 2.39. The molecule has 0 aromatic heterocycles. The summed E-state index contributed by atoms with van der Waals surface area (Å²) in [4.78, 5) is 11.9. The number of methoxy groups -OCH3 is 1. The van der Waals surface area contributed by atoms with Crippen LogP contribution >= 0.6 is 11.6 Å². The third-order valence-electron chi connectivity index (χ3n) is 3.63. The van der Waals surface area contributed by atoms with Crippen LogP contribution in [0.4, 0.5) is 5.69 Å². The Bertz CT molecular complexity index is 581. The van der Waals surface area contributed by atoms with Gasteiger partial charge in [0.15, 0.2) is 0 Å². The van der Waals surface area contributed by atoms with Crippen LogP contribution in [0.15, 0.2) is 18.2 Å². The van der Waals surface area contributed by atoms with Crippen LogP contribution in [-0.2, 0) is 4.79 Å². The van der Waals surface area contributed by atoms with Gasteiger partial charge in [-0.05, 0) is 43.9 Å². The summed E-state index contributed by atoms with van der Waals surface area (Å²) in [5, 5.41) is 15.5. The van der Waals surface area contributed by atoms with Crippen molar-refractivity contribution in [3.8, 4) is 11.8 Å². The second-order valence-electron chi connectivity index (χ2n) is 5.34. The predicted octanol–water partition coefficient (Wildman–Crippen LogP) is 2.57. The molecule has 1 atom stereocenters. The van der Waals surface area contributed by atoms with E-state index in [0.29, 0.717) is 10.8 Å². The molecule has 6 heteroatoms. The summed E-state index contributed by atoms with van der Waals surface area (Å²) in [6, 6.07) is 7.40. The number of nitrogens with one attached hydrogen (secondary N) is 2. The van der Waals surface area contributed by atoms with Crippen molar-refractivity contribution in [2.24, 2.45) is 5.92 Å². The first-order chi connectivity index (χ1) is 9.98. The van der Waals surface area contributed by atoms with E-state index in [-0.39, 0.29) is 18.4 Å². The molecule has 21 heavy (non-hydrogen) atoms. The van der Waals surface area contributed by atoms with E-state index in [1.807, 2.05) is 0 Å². The number of ether oxygens (including phenoxy) is 1. The quantitative estimate of drug-likeness (QED) is 0.847. The zero-order valence-corrected chi connectivity index (χ0v) is 12.8. The number of hydrogen-bond donors (Lipinski definition) is 2. The van der Waals surface area contributed by atoms with Crippen molar-refractivity contribution in [3.05, 3.63) is 23.2 Å². The fourth-order valence-electron chi connectivity index (χ4n) is 2.17. The number of rotatable bonds is 6. The molecule has 1 unspecified atom stereocenters. The third kappa shape index (κ3) is 3.79. The second kappa shape index (κ2) is 6.23. The molecule has 1 aliphatic rings. The number of hydrogen-bond acceptors (Lipinski definition) is 4. The lowest BCUT2D eigenvalue weighted by molar-refractivity contribution is -0.120. The SMILES string of the molecule is COc1ccc(NCC(=O)NC(C)(C#N)C2CC2)cc1Cl. The van der Waals surface area contributed by atoms with Crippen molar-refractivity contribution in [1.29, 1.82) is 5.26 Å². The first-order valence-electron chi connectivity index (χ1n) is 6.78.